The second-order valence-corrected chi connectivity index (χ2v) is 4.38. The molecule has 0 spiro atoms. The highest BCUT2D eigenvalue weighted by Crippen LogP contribution is 2.07. The van der Waals surface area contributed by atoms with Crippen LogP contribution in [0.2, 0.25) is 0 Å². The topological polar surface area (TPSA) is 30.7 Å². The smallest absolute Gasteiger partial charge is 0.112 e. The van der Waals surface area contributed by atoms with E-state index in [9.17, 15) is 0 Å². The van der Waals surface area contributed by atoms with Crippen molar-refractivity contribution in [2.45, 2.75) is 19.8 Å². The predicted molar refractivity (Wildman–Crippen MR) is 84.4 cm³/mol. The van der Waals surface area contributed by atoms with Gasteiger partial charge in [0.1, 0.15) is 5.82 Å². The first kappa shape index (κ1) is 14.0. The molecule has 2 aromatic heterocycles. The summed E-state index contributed by atoms with van der Waals surface area (Å²) in [5.74, 6) is 1.09. The van der Waals surface area contributed by atoms with Crippen molar-refractivity contribution in [3.8, 4) is 0 Å². The van der Waals surface area contributed by atoms with E-state index in [0.717, 1.165) is 24.2 Å². The van der Waals surface area contributed by atoms with Gasteiger partial charge in [0.05, 0.1) is 5.52 Å². The number of fused-ring (bicyclic) bond motifs is 1. The summed E-state index contributed by atoms with van der Waals surface area (Å²) in [4.78, 5) is 8.35. The fraction of sp³-hybridized carbons (Fsp3) is 0.176. The number of pyridine rings is 1. The molecule has 20 heavy (non-hydrogen) atoms. The molecule has 2 heterocycles. The Morgan fingerprint density at radius 2 is 1.90 bits per heavy atom. The van der Waals surface area contributed by atoms with Gasteiger partial charge < -0.3 is 4.57 Å². The van der Waals surface area contributed by atoms with Gasteiger partial charge in [-0.15, -0.1) is 0 Å². The molecule has 0 atom stereocenters. The van der Waals surface area contributed by atoms with Crippen LogP contribution in [0.25, 0.3) is 17.1 Å². The summed E-state index contributed by atoms with van der Waals surface area (Å²) in [5.41, 5.74) is 1.06. The average Bonchev–Trinajstić information content (AvgIpc) is 2.96. The Bertz CT molecular complexity index is 605. The Morgan fingerprint density at radius 1 is 1.10 bits per heavy atom. The maximum Gasteiger partial charge on any atom is 0.112 e. The molecule has 0 radical (unpaired) electrons. The summed E-state index contributed by atoms with van der Waals surface area (Å²) < 4.78 is 1.95. The molecule has 0 saturated carbocycles. The first-order chi connectivity index (χ1) is 9.85. The van der Waals surface area contributed by atoms with Gasteiger partial charge in [0, 0.05) is 36.6 Å². The van der Waals surface area contributed by atoms with Crippen LogP contribution in [0.4, 0.5) is 0 Å². The summed E-state index contributed by atoms with van der Waals surface area (Å²) in [7, 11) is 0. The number of nitrogens with zero attached hydrogens (tertiary/aromatic N) is 3. The van der Waals surface area contributed by atoms with Crippen molar-refractivity contribution in [1.29, 1.82) is 0 Å². The molecule has 0 N–H and O–H groups in total. The van der Waals surface area contributed by atoms with E-state index in [0.29, 0.717) is 0 Å². The maximum atomic E-state index is 4.18. The van der Waals surface area contributed by atoms with Crippen molar-refractivity contribution in [3.05, 3.63) is 67.4 Å². The SMILES string of the molecule is C=Cn1ccnc1CCC.c1ccc2ncccc2c1. The molecular formula is C17H19N3. The summed E-state index contributed by atoms with van der Waals surface area (Å²) in [6, 6.07) is 12.1. The summed E-state index contributed by atoms with van der Waals surface area (Å²) in [5, 5.41) is 1.20. The Labute approximate surface area is 119 Å². The molecule has 0 fully saturated rings. The summed E-state index contributed by atoms with van der Waals surface area (Å²) >= 11 is 0. The van der Waals surface area contributed by atoms with Crippen molar-refractivity contribution in [1.82, 2.24) is 14.5 Å². The predicted octanol–water partition coefficient (Wildman–Crippen LogP) is 4.17. The number of aromatic nitrogens is 3. The maximum absolute atomic E-state index is 4.18. The zero-order valence-corrected chi connectivity index (χ0v) is 11.7. The van der Waals surface area contributed by atoms with Crippen LogP contribution in [-0.4, -0.2) is 14.5 Å². The van der Waals surface area contributed by atoms with E-state index in [1.807, 2.05) is 41.2 Å². The average molecular weight is 265 g/mol. The first-order valence-corrected chi connectivity index (χ1v) is 6.79. The lowest BCUT2D eigenvalue weighted by Crippen LogP contribution is -1.93. The quantitative estimate of drug-likeness (QED) is 0.711. The lowest BCUT2D eigenvalue weighted by Gasteiger charge is -1.97. The lowest BCUT2D eigenvalue weighted by atomic mass is 10.2. The summed E-state index contributed by atoms with van der Waals surface area (Å²) in [6.07, 6.45) is 9.45. The van der Waals surface area contributed by atoms with Crippen molar-refractivity contribution >= 4 is 17.1 Å². The fourth-order valence-electron chi connectivity index (χ4n) is 1.94. The van der Waals surface area contributed by atoms with E-state index < -0.39 is 0 Å². The molecule has 0 aliphatic rings. The molecule has 0 aliphatic carbocycles. The van der Waals surface area contributed by atoms with E-state index in [1.165, 1.54) is 5.39 Å². The normalized spacial score (nSPS) is 9.85. The second kappa shape index (κ2) is 7.24. The van der Waals surface area contributed by atoms with E-state index in [2.05, 4.69) is 35.6 Å². The summed E-state index contributed by atoms with van der Waals surface area (Å²) in [6.45, 7) is 5.81. The van der Waals surface area contributed by atoms with E-state index in [1.54, 1.807) is 12.4 Å². The molecule has 1 aromatic carbocycles. The minimum Gasteiger partial charge on any atom is -0.311 e. The van der Waals surface area contributed by atoms with Crippen LogP contribution in [0.1, 0.15) is 19.2 Å². The van der Waals surface area contributed by atoms with Crippen LogP contribution in [0.3, 0.4) is 0 Å². The molecule has 0 bridgehead atoms. The van der Waals surface area contributed by atoms with Crippen molar-refractivity contribution in [2.75, 3.05) is 0 Å². The molecule has 3 rings (SSSR count). The molecule has 0 amide bonds. The molecule has 3 nitrogen and oxygen atoms in total. The third-order valence-corrected chi connectivity index (χ3v) is 2.93. The van der Waals surface area contributed by atoms with Crippen molar-refractivity contribution in [2.24, 2.45) is 0 Å². The standard InChI is InChI=1S/C9H7N.C8H12N2/c1-2-6-9-8(4-1)5-3-7-10-9;1-3-5-8-9-6-7-10(8)4-2/h1-7H;4,6-7H,2-3,5H2,1H3. The molecule has 0 aliphatic heterocycles. The van der Waals surface area contributed by atoms with Crippen LogP contribution in [0.15, 0.2) is 61.6 Å². The van der Waals surface area contributed by atoms with Crippen LogP contribution in [0.5, 0.6) is 0 Å². The monoisotopic (exact) mass is 265 g/mol. The molecule has 0 saturated heterocycles. The highest BCUT2D eigenvalue weighted by molar-refractivity contribution is 5.77. The number of imidazole rings is 1. The zero-order valence-electron chi connectivity index (χ0n) is 11.7. The third-order valence-electron chi connectivity index (χ3n) is 2.93. The Morgan fingerprint density at radius 3 is 2.65 bits per heavy atom. The molecule has 102 valence electrons. The van der Waals surface area contributed by atoms with Crippen LogP contribution < -0.4 is 0 Å². The Balaban J connectivity index is 0.000000147. The van der Waals surface area contributed by atoms with Crippen LogP contribution >= 0.6 is 0 Å². The minimum absolute atomic E-state index is 1.03. The number of hydrogen-bond acceptors (Lipinski definition) is 2. The third kappa shape index (κ3) is 3.54. The zero-order chi connectivity index (χ0) is 14.2. The van der Waals surface area contributed by atoms with Gasteiger partial charge in [0.25, 0.3) is 0 Å². The number of rotatable bonds is 3. The van der Waals surface area contributed by atoms with Gasteiger partial charge in [-0.05, 0) is 18.6 Å². The van der Waals surface area contributed by atoms with Crippen LogP contribution in [-0.2, 0) is 6.42 Å². The molecule has 0 unspecified atom stereocenters. The first-order valence-electron chi connectivity index (χ1n) is 6.79. The number of benzene rings is 1. The fourth-order valence-corrected chi connectivity index (χ4v) is 1.94. The highest BCUT2D eigenvalue weighted by Gasteiger charge is 1.95. The van der Waals surface area contributed by atoms with E-state index in [4.69, 9.17) is 0 Å². The van der Waals surface area contributed by atoms with Gasteiger partial charge in [-0.1, -0.05) is 37.8 Å². The molecule has 3 heteroatoms. The number of para-hydroxylation sites is 1. The lowest BCUT2D eigenvalue weighted by molar-refractivity contribution is 0.825. The van der Waals surface area contributed by atoms with Gasteiger partial charge in [0.15, 0.2) is 0 Å². The second-order valence-electron chi connectivity index (χ2n) is 4.38. The van der Waals surface area contributed by atoms with Gasteiger partial charge >= 0.3 is 0 Å². The van der Waals surface area contributed by atoms with Gasteiger partial charge in [-0.3, -0.25) is 4.98 Å². The van der Waals surface area contributed by atoms with E-state index in [-0.39, 0.29) is 0 Å². The van der Waals surface area contributed by atoms with Gasteiger partial charge in [0.2, 0.25) is 0 Å². The minimum atomic E-state index is 1.03. The molecule has 3 aromatic rings. The van der Waals surface area contributed by atoms with Crippen molar-refractivity contribution < 1.29 is 0 Å². The largest absolute Gasteiger partial charge is 0.311 e. The Hall–Kier alpha value is -2.42. The molecular weight excluding hydrogens is 246 g/mol. The number of hydrogen-bond donors (Lipinski definition) is 0. The van der Waals surface area contributed by atoms with E-state index >= 15 is 0 Å². The van der Waals surface area contributed by atoms with Gasteiger partial charge in [-0.2, -0.15) is 0 Å². The highest BCUT2D eigenvalue weighted by atomic mass is 15.0. The van der Waals surface area contributed by atoms with Crippen molar-refractivity contribution in [3.63, 3.8) is 0 Å². The Kier molecular flexibility index (Phi) is 5.07. The van der Waals surface area contributed by atoms with Gasteiger partial charge in [-0.25, -0.2) is 4.98 Å². The number of aryl methyl sites for hydroxylation is 1. The van der Waals surface area contributed by atoms with Crippen LogP contribution in [0, 0.1) is 0 Å².